The Morgan fingerprint density at radius 2 is 1.82 bits per heavy atom. The zero-order valence-corrected chi connectivity index (χ0v) is 16.4. The Hall–Kier alpha value is -3.28. The molecule has 1 atom stereocenters. The fourth-order valence-corrected chi connectivity index (χ4v) is 2.95. The van der Waals surface area contributed by atoms with Gasteiger partial charge >= 0.3 is 5.97 Å². The van der Waals surface area contributed by atoms with Crippen molar-refractivity contribution in [2.45, 2.75) is 32.7 Å². The van der Waals surface area contributed by atoms with Crippen molar-refractivity contribution < 1.29 is 14.3 Å². The average Bonchev–Trinajstić information content (AvgIpc) is 2.72. The summed E-state index contributed by atoms with van der Waals surface area (Å²) in [5.41, 5.74) is 3.56. The van der Waals surface area contributed by atoms with Crippen LogP contribution in [-0.4, -0.2) is 35.0 Å². The Morgan fingerprint density at radius 3 is 2.46 bits per heavy atom. The molecule has 6 heteroatoms. The zero-order chi connectivity index (χ0) is 20.3. The molecular formula is C22H23N3O3. The van der Waals surface area contributed by atoms with Crippen molar-refractivity contribution in [1.82, 2.24) is 15.3 Å². The van der Waals surface area contributed by atoms with Gasteiger partial charge in [-0.25, -0.2) is 9.78 Å². The number of esters is 1. The van der Waals surface area contributed by atoms with Crippen LogP contribution in [0.15, 0.2) is 48.7 Å². The Morgan fingerprint density at radius 1 is 1.04 bits per heavy atom. The second-order valence-electron chi connectivity index (χ2n) is 6.92. The molecule has 0 radical (unpaired) electrons. The van der Waals surface area contributed by atoms with Gasteiger partial charge in [0.1, 0.15) is 6.04 Å². The number of hydrogen-bond acceptors (Lipinski definition) is 5. The summed E-state index contributed by atoms with van der Waals surface area (Å²) >= 11 is 0. The van der Waals surface area contributed by atoms with Crippen molar-refractivity contribution in [1.29, 1.82) is 0 Å². The smallest absolute Gasteiger partial charge is 0.328 e. The molecule has 0 fully saturated rings. The molecular weight excluding hydrogens is 354 g/mol. The predicted molar refractivity (Wildman–Crippen MR) is 108 cm³/mol. The van der Waals surface area contributed by atoms with Crippen LogP contribution in [0, 0.1) is 0 Å². The second kappa shape index (κ2) is 8.17. The van der Waals surface area contributed by atoms with Crippen molar-refractivity contribution in [3.8, 4) is 11.4 Å². The third-order valence-electron chi connectivity index (χ3n) is 4.57. The number of aromatic nitrogens is 2. The van der Waals surface area contributed by atoms with Crippen LogP contribution in [0.4, 0.5) is 0 Å². The number of fused-ring (bicyclic) bond motifs is 1. The van der Waals surface area contributed by atoms with Gasteiger partial charge in [0, 0.05) is 11.6 Å². The van der Waals surface area contributed by atoms with Gasteiger partial charge in [0.25, 0.3) is 5.91 Å². The van der Waals surface area contributed by atoms with E-state index in [1.807, 2.05) is 36.4 Å². The molecule has 0 aliphatic carbocycles. The molecule has 1 N–H and O–H groups in total. The number of ether oxygens (including phenoxy) is 1. The maximum Gasteiger partial charge on any atom is 0.328 e. The lowest BCUT2D eigenvalue weighted by atomic mass is 9.98. The minimum Gasteiger partial charge on any atom is -0.467 e. The molecule has 0 aliphatic rings. The molecule has 28 heavy (non-hydrogen) atoms. The van der Waals surface area contributed by atoms with Crippen molar-refractivity contribution in [2.75, 3.05) is 7.11 Å². The molecule has 0 unspecified atom stereocenters. The number of benzene rings is 1. The number of rotatable bonds is 5. The van der Waals surface area contributed by atoms with Gasteiger partial charge in [0.15, 0.2) is 0 Å². The van der Waals surface area contributed by atoms with E-state index in [1.165, 1.54) is 7.11 Å². The van der Waals surface area contributed by atoms with E-state index in [1.54, 1.807) is 19.2 Å². The number of methoxy groups -OCH3 is 1. The summed E-state index contributed by atoms with van der Waals surface area (Å²) in [6.07, 6.45) is 1.69. The highest BCUT2D eigenvalue weighted by atomic mass is 16.5. The van der Waals surface area contributed by atoms with E-state index >= 15 is 0 Å². The van der Waals surface area contributed by atoms with Gasteiger partial charge in [-0.15, -0.1) is 0 Å². The number of amides is 1. The maximum atomic E-state index is 12.9. The van der Waals surface area contributed by atoms with E-state index in [-0.39, 0.29) is 5.91 Å². The summed E-state index contributed by atoms with van der Waals surface area (Å²) in [4.78, 5) is 33.7. The number of pyridine rings is 2. The van der Waals surface area contributed by atoms with E-state index in [0.29, 0.717) is 28.4 Å². The van der Waals surface area contributed by atoms with Crippen LogP contribution < -0.4 is 5.32 Å². The molecule has 0 bridgehead atoms. The van der Waals surface area contributed by atoms with Crippen LogP contribution in [0.2, 0.25) is 0 Å². The number of hydrogen-bond donors (Lipinski definition) is 1. The standard InChI is InChI=1S/C22H23N3O3/c1-13(2)15-8-9-16-17(21(26)24-14(3)22(27)28-4)12-20(25-19(16)11-15)18-7-5-6-10-23-18/h5-14H,1-4H3,(H,24,26)/t14-/m0/s1. The first-order valence-corrected chi connectivity index (χ1v) is 9.15. The summed E-state index contributed by atoms with van der Waals surface area (Å²) in [5.74, 6) is -0.528. The summed E-state index contributed by atoms with van der Waals surface area (Å²) in [6.45, 7) is 5.80. The fourth-order valence-electron chi connectivity index (χ4n) is 2.95. The summed E-state index contributed by atoms with van der Waals surface area (Å²) in [7, 11) is 1.29. The van der Waals surface area contributed by atoms with Crippen LogP contribution in [0.5, 0.6) is 0 Å². The van der Waals surface area contributed by atoms with Gasteiger partial charge in [-0.05, 0) is 42.7 Å². The topological polar surface area (TPSA) is 81.2 Å². The number of nitrogens with one attached hydrogen (secondary N) is 1. The Bertz CT molecular complexity index is 1020. The maximum absolute atomic E-state index is 12.9. The summed E-state index contributed by atoms with van der Waals surface area (Å²) < 4.78 is 4.70. The Balaban J connectivity index is 2.13. The third-order valence-corrected chi connectivity index (χ3v) is 4.57. The second-order valence-corrected chi connectivity index (χ2v) is 6.92. The highest BCUT2D eigenvalue weighted by molar-refractivity contribution is 6.08. The highest BCUT2D eigenvalue weighted by Gasteiger charge is 2.20. The Kier molecular flexibility index (Phi) is 5.68. The quantitative estimate of drug-likeness (QED) is 0.686. The van der Waals surface area contributed by atoms with Crippen molar-refractivity contribution in [2.24, 2.45) is 0 Å². The van der Waals surface area contributed by atoms with E-state index in [0.717, 1.165) is 10.9 Å². The SMILES string of the molecule is COC(=O)[C@H](C)NC(=O)c1cc(-c2ccccn2)nc2cc(C(C)C)ccc12. The lowest BCUT2D eigenvalue weighted by Crippen LogP contribution is -2.39. The molecule has 0 aliphatic heterocycles. The average molecular weight is 377 g/mol. The van der Waals surface area contributed by atoms with Gasteiger partial charge in [0.2, 0.25) is 0 Å². The van der Waals surface area contributed by atoms with Crippen LogP contribution in [0.3, 0.4) is 0 Å². The first-order chi connectivity index (χ1) is 13.4. The zero-order valence-electron chi connectivity index (χ0n) is 16.4. The molecule has 6 nitrogen and oxygen atoms in total. The molecule has 2 heterocycles. The first kappa shape index (κ1) is 19.5. The van der Waals surface area contributed by atoms with Gasteiger partial charge in [-0.1, -0.05) is 32.0 Å². The molecule has 0 saturated carbocycles. The van der Waals surface area contributed by atoms with E-state index in [2.05, 4.69) is 24.1 Å². The molecule has 0 spiro atoms. The number of nitrogens with zero attached hydrogens (tertiary/aromatic N) is 2. The molecule has 1 aromatic carbocycles. The Labute approximate surface area is 164 Å². The van der Waals surface area contributed by atoms with E-state index < -0.39 is 12.0 Å². The molecule has 3 aromatic rings. The molecule has 1 amide bonds. The van der Waals surface area contributed by atoms with Gasteiger partial charge in [-0.2, -0.15) is 0 Å². The monoisotopic (exact) mass is 377 g/mol. The third kappa shape index (κ3) is 4.01. The van der Waals surface area contributed by atoms with E-state index in [4.69, 9.17) is 9.72 Å². The minimum absolute atomic E-state index is 0.335. The lowest BCUT2D eigenvalue weighted by Gasteiger charge is -2.15. The van der Waals surface area contributed by atoms with Crippen molar-refractivity contribution in [3.05, 3.63) is 59.8 Å². The fraction of sp³-hybridized carbons (Fsp3) is 0.273. The number of carbonyl (C=O) groups is 2. The first-order valence-electron chi connectivity index (χ1n) is 9.15. The molecule has 0 saturated heterocycles. The van der Waals surface area contributed by atoms with Crippen molar-refractivity contribution >= 4 is 22.8 Å². The van der Waals surface area contributed by atoms with Crippen LogP contribution in [-0.2, 0) is 9.53 Å². The van der Waals surface area contributed by atoms with E-state index in [9.17, 15) is 9.59 Å². The molecule has 3 rings (SSSR count). The normalized spacial score (nSPS) is 12.0. The molecule has 2 aromatic heterocycles. The van der Waals surface area contributed by atoms with Crippen LogP contribution in [0.1, 0.15) is 42.6 Å². The van der Waals surface area contributed by atoms with Gasteiger partial charge in [-0.3, -0.25) is 9.78 Å². The summed E-state index contributed by atoms with van der Waals surface area (Å²) in [5, 5.41) is 3.41. The minimum atomic E-state index is -0.756. The summed E-state index contributed by atoms with van der Waals surface area (Å²) in [6, 6.07) is 12.4. The van der Waals surface area contributed by atoms with Gasteiger partial charge < -0.3 is 10.1 Å². The van der Waals surface area contributed by atoms with Gasteiger partial charge in [0.05, 0.1) is 29.6 Å². The largest absolute Gasteiger partial charge is 0.467 e. The van der Waals surface area contributed by atoms with Crippen molar-refractivity contribution in [3.63, 3.8) is 0 Å². The van der Waals surface area contributed by atoms with Crippen LogP contribution >= 0.6 is 0 Å². The number of carbonyl (C=O) groups excluding carboxylic acids is 2. The highest BCUT2D eigenvalue weighted by Crippen LogP contribution is 2.27. The van der Waals surface area contributed by atoms with Crippen LogP contribution in [0.25, 0.3) is 22.3 Å². The lowest BCUT2D eigenvalue weighted by molar-refractivity contribution is -0.142. The predicted octanol–water partition coefficient (Wildman–Crippen LogP) is 3.71. The molecule has 144 valence electrons.